The van der Waals surface area contributed by atoms with Crippen LogP contribution in [-0.4, -0.2) is 136 Å². The molecule has 1 aliphatic carbocycles. The van der Waals surface area contributed by atoms with Crippen LogP contribution in [0.2, 0.25) is 0 Å². The molecule has 0 atom stereocenters. The molecule has 5 aromatic carbocycles. The number of aliphatic hydroxyl groups is 1. The third-order valence-corrected chi connectivity index (χ3v) is 23.7. The molecule has 7 aliphatic rings. The maximum atomic E-state index is 12.5. The third-order valence-electron chi connectivity index (χ3n) is 20.5. The quantitative estimate of drug-likeness (QED) is 0.0530. The first kappa shape index (κ1) is 73.8. The van der Waals surface area contributed by atoms with Gasteiger partial charge in [0, 0.05) is 84.9 Å². The van der Waals surface area contributed by atoms with Crippen molar-refractivity contribution in [1.82, 2.24) is 19.6 Å². The second kappa shape index (κ2) is 32.1. The van der Waals surface area contributed by atoms with Gasteiger partial charge in [-0.1, -0.05) is 12.8 Å². The van der Waals surface area contributed by atoms with Gasteiger partial charge in [-0.2, -0.15) is 0 Å². The average Bonchev–Trinajstić information content (AvgIpc) is 0.793. The fourth-order valence-corrected chi connectivity index (χ4v) is 18.2. The zero-order valence-corrected chi connectivity index (χ0v) is 60.8. The van der Waals surface area contributed by atoms with Crippen LogP contribution in [0.5, 0.6) is 28.7 Å². The maximum Gasteiger partial charge on any atom is 0.341 e. The van der Waals surface area contributed by atoms with Crippen molar-refractivity contribution in [2.75, 3.05) is 79.1 Å². The molecule has 6 aliphatic heterocycles. The predicted molar refractivity (Wildman–Crippen MR) is 399 cm³/mol. The fraction of sp³-hybridized carbons (Fsp3) is 0.410. The number of benzene rings is 5. The van der Waals surface area contributed by atoms with Crippen molar-refractivity contribution in [3.63, 3.8) is 0 Å². The molecule has 6 N–H and O–H groups in total. The summed E-state index contributed by atoms with van der Waals surface area (Å²) >= 11 is 9.48. The lowest BCUT2D eigenvalue weighted by Gasteiger charge is -2.27. The Labute approximate surface area is 610 Å². The van der Waals surface area contributed by atoms with Gasteiger partial charge < -0.3 is 81.8 Å². The smallest absolute Gasteiger partial charge is 0.341 e. The highest BCUT2D eigenvalue weighted by Gasteiger charge is 2.32. The van der Waals surface area contributed by atoms with Gasteiger partial charge in [0.25, 0.3) is 0 Å². The van der Waals surface area contributed by atoms with Gasteiger partial charge in [0.05, 0.1) is 80.4 Å². The van der Waals surface area contributed by atoms with Crippen molar-refractivity contribution in [3.8, 4) is 28.7 Å². The van der Waals surface area contributed by atoms with Crippen LogP contribution < -0.4 is 28.1 Å². The van der Waals surface area contributed by atoms with Gasteiger partial charge in [-0.25, -0.2) is 24.0 Å². The third kappa shape index (κ3) is 14.9. The number of aryl methyl sites for hydroxylation is 1. The minimum Gasteiger partial charge on any atom is -0.507 e. The Morgan fingerprint density at radius 3 is 1.22 bits per heavy atom. The van der Waals surface area contributed by atoms with Crippen LogP contribution in [0, 0.1) is 0 Å². The number of fused-ring (bicyclic) bond motifs is 15. The first-order valence-corrected chi connectivity index (χ1v) is 37.7. The number of aromatic hydroxyl groups is 5. The molecule has 104 heavy (non-hydrogen) atoms. The van der Waals surface area contributed by atoms with E-state index in [1.54, 1.807) is 36.4 Å². The number of carbonyl (C=O) groups excluding carboxylic acids is 1. The van der Waals surface area contributed by atoms with E-state index < -0.39 is 6.29 Å². The maximum absolute atomic E-state index is 12.5. The van der Waals surface area contributed by atoms with Crippen molar-refractivity contribution in [2.24, 2.45) is 0 Å². The zero-order chi connectivity index (χ0) is 73.2. The van der Waals surface area contributed by atoms with Gasteiger partial charge in [-0.05, 0) is 192 Å². The monoisotopic (exact) mass is 1480 g/mol. The molecule has 0 radical (unpaired) electrons. The van der Waals surface area contributed by atoms with Crippen LogP contribution in [0.15, 0.2) is 107 Å². The Hall–Kier alpha value is -8.47. The van der Waals surface area contributed by atoms with Gasteiger partial charge in [0.1, 0.15) is 45.5 Å². The molecule has 0 saturated carbocycles. The summed E-state index contributed by atoms with van der Waals surface area (Å²) in [4.78, 5) is 80.7. The summed E-state index contributed by atoms with van der Waals surface area (Å²) < 4.78 is 38.6. The van der Waals surface area contributed by atoms with E-state index in [2.05, 4.69) is 19.6 Å². The number of hydrogen-bond donors (Lipinski definition) is 6. The van der Waals surface area contributed by atoms with Gasteiger partial charge in [0.15, 0.2) is 23.7 Å². The molecule has 0 bridgehead atoms. The van der Waals surface area contributed by atoms with Gasteiger partial charge in [-0.15, -0.1) is 35.1 Å². The number of hydrogen-bond acceptors (Lipinski definition) is 25. The molecule has 23 nitrogen and oxygen atoms in total. The number of phenols is 5. The van der Waals surface area contributed by atoms with Crippen LogP contribution in [0.3, 0.4) is 0 Å². The largest absolute Gasteiger partial charge is 0.507 e. The van der Waals surface area contributed by atoms with E-state index >= 15 is 0 Å². The Bertz CT molecular complexity index is 5010. The molecule has 2 saturated heterocycles. The molecule has 17 rings (SSSR count). The summed E-state index contributed by atoms with van der Waals surface area (Å²) in [5.74, 6) is 2.40. The second-order valence-corrected chi connectivity index (χ2v) is 30.4. The first-order valence-electron chi connectivity index (χ1n) is 35.1. The fourth-order valence-electron chi connectivity index (χ4n) is 15.0. The number of rotatable bonds is 5. The van der Waals surface area contributed by atoms with Crippen LogP contribution in [0.25, 0.3) is 54.8 Å². The average molecular weight is 1480 g/mol. The lowest BCUT2D eigenvalue weighted by Crippen LogP contribution is -2.31. The molecule has 5 aromatic heterocycles. The van der Waals surface area contributed by atoms with E-state index in [1.165, 1.54) is 18.6 Å². The molecule has 0 amide bonds. The van der Waals surface area contributed by atoms with Gasteiger partial charge in [0.2, 0.25) is 0 Å². The predicted octanol–water partition coefficient (Wildman–Crippen LogP) is 11.5. The standard InChI is InChI=1S/C17H19NO5.C17H19NO3S2.C16H16O4.C14H14ClNO3.C14H15NO4/c1-18-6-5-10-11-3-4-13(19)14(17-21-7-2-8-22-17)15(11)23-16(20)12(10)9-18;1-18-6-5-10-11-3-4-13(19)14(17-22-7-2-8-23-17)15(11)21-16(20)12(10)9-18;17-9-13-14(18)8-7-11-10-5-3-1-2-4-6-12(10)16(19)20-15(11)13;1-16-5-4-8-9-2-3-12(17)10(6-15)13(9)19-14(18)11(8)7-16;1-15-5-4-8-9-2-3-12(17)11(7-16)13(9)19-14(18)10(8)6-15/h2*3-4,17,19H,2,5-9H2,1H3;7-9,18H,1-6H2;2-3,17H,4-7H2,1H3;2-3,16-17H,4-7H2,1H3. The molecular weight excluding hydrogens is 1400 g/mol. The summed E-state index contributed by atoms with van der Waals surface area (Å²) in [5, 5.41) is 63.5. The van der Waals surface area contributed by atoms with Crippen LogP contribution >= 0.6 is 35.1 Å². The molecule has 10 aromatic rings. The normalized spacial score (nSPS) is 17.5. The number of alkyl halides is 1. The first-order chi connectivity index (χ1) is 50.2. The Kier molecular flexibility index (Phi) is 22.8. The lowest BCUT2D eigenvalue weighted by atomic mass is 9.91. The number of aliphatic hydroxyl groups excluding tert-OH is 1. The lowest BCUT2D eigenvalue weighted by molar-refractivity contribution is -0.183. The Morgan fingerprint density at radius 1 is 0.413 bits per heavy atom. The number of likely N-dealkylation sites (N-methyl/N-ethyl adjacent to an activating group) is 4. The molecule has 0 unspecified atom stereocenters. The van der Waals surface area contributed by atoms with Crippen molar-refractivity contribution in [1.29, 1.82) is 0 Å². The number of phenolic OH excluding ortho intramolecular Hbond substituents is 4. The number of ether oxygens (including phenoxy) is 2. The highest BCUT2D eigenvalue weighted by atomic mass is 35.5. The van der Waals surface area contributed by atoms with Crippen LogP contribution in [0.4, 0.5) is 0 Å². The van der Waals surface area contributed by atoms with E-state index in [9.17, 15) is 59.4 Å². The van der Waals surface area contributed by atoms with E-state index in [0.717, 1.165) is 180 Å². The minimum absolute atomic E-state index is 0.0282. The van der Waals surface area contributed by atoms with E-state index in [1.807, 2.05) is 63.8 Å². The molecule has 0 spiro atoms. The topological polar surface area (TPSA) is 321 Å². The van der Waals surface area contributed by atoms with Gasteiger partial charge in [-0.3, -0.25) is 4.79 Å². The van der Waals surface area contributed by atoms with E-state index in [0.29, 0.717) is 95.8 Å². The number of nitrogens with zero attached hydrogens (tertiary/aromatic N) is 4. The van der Waals surface area contributed by atoms with Crippen molar-refractivity contribution >= 4 is 96.3 Å². The molecular formula is C78H83ClN4O19S2. The Morgan fingerprint density at radius 2 is 0.769 bits per heavy atom. The number of carbonyl (C=O) groups is 1. The van der Waals surface area contributed by atoms with Crippen molar-refractivity contribution in [3.05, 3.63) is 196 Å². The minimum atomic E-state index is -0.695. The van der Waals surface area contributed by atoms with Crippen LogP contribution in [-0.2, 0) is 86.7 Å². The Balaban J connectivity index is 0.000000116. The second-order valence-electron chi connectivity index (χ2n) is 27.4. The summed E-state index contributed by atoms with van der Waals surface area (Å²) in [6, 6.07) is 17.0. The van der Waals surface area contributed by atoms with Gasteiger partial charge >= 0.3 is 28.1 Å². The highest BCUT2D eigenvalue weighted by Crippen LogP contribution is 2.50. The summed E-state index contributed by atoms with van der Waals surface area (Å²) in [5.41, 5.74) is 10.9. The molecule has 548 valence electrons. The van der Waals surface area contributed by atoms with E-state index in [4.69, 9.17) is 43.2 Å². The van der Waals surface area contributed by atoms with Crippen molar-refractivity contribution < 1.29 is 67.0 Å². The number of thioether (sulfide) groups is 2. The summed E-state index contributed by atoms with van der Waals surface area (Å²) in [7, 11) is 7.94. The molecule has 26 heteroatoms. The summed E-state index contributed by atoms with van der Waals surface area (Å²) in [6.07, 6.45) is 10.9. The summed E-state index contributed by atoms with van der Waals surface area (Å²) in [6.45, 7) is 6.76. The highest BCUT2D eigenvalue weighted by molar-refractivity contribution is 8.16. The molecule has 11 heterocycles. The van der Waals surface area contributed by atoms with Crippen molar-refractivity contribution in [2.45, 2.75) is 127 Å². The zero-order valence-electron chi connectivity index (χ0n) is 58.4. The van der Waals surface area contributed by atoms with E-state index in [-0.39, 0.29) is 90.7 Å². The SMILES string of the molecule is CN1CCc2c(c(=O)oc3c(C4OCCCO4)c(O)ccc23)C1.CN1CCc2c(c(=O)oc3c(C4SCCCS4)c(O)ccc23)C1.CN1CCc2c(c(=O)oc3c(CCl)c(O)ccc23)C1.CN1CCc2c(c(=O)oc3c(CO)c(O)ccc23)C1.O=Cc1c(O)ccc2c3c(c(=O)oc12)CCCCCC3. The molecule has 2 fully saturated rings. The van der Waals surface area contributed by atoms with Crippen LogP contribution in [0.1, 0.15) is 138 Å². The number of halogens is 1. The number of aldehydes is 1.